The van der Waals surface area contributed by atoms with Crippen molar-refractivity contribution in [3.63, 3.8) is 0 Å². The Balaban J connectivity index is 1.60. The van der Waals surface area contributed by atoms with Crippen molar-refractivity contribution in [1.82, 2.24) is 9.55 Å². The van der Waals surface area contributed by atoms with Crippen molar-refractivity contribution in [2.24, 2.45) is 0 Å². The van der Waals surface area contributed by atoms with Crippen LogP contribution in [-0.4, -0.2) is 20.6 Å². The molecule has 1 saturated carbocycles. The number of aryl methyl sites for hydroxylation is 2. The van der Waals surface area contributed by atoms with Crippen molar-refractivity contribution < 1.29 is 23.1 Å². The zero-order valence-electron chi connectivity index (χ0n) is 19.7. The molecule has 188 valence electrons. The Labute approximate surface area is 214 Å². The second-order valence-corrected chi connectivity index (χ2v) is 9.50. The van der Waals surface area contributed by atoms with E-state index >= 15 is 4.39 Å². The number of aromatic carboxylic acids is 1. The average Bonchev–Trinajstić information content (AvgIpc) is 3.65. The summed E-state index contributed by atoms with van der Waals surface area (Å²) in [6.45, 7) is 3.19. The van der Waals surface area contributed by atoms with Crippen LogP contribution in [0.25, 0.3) is 16.9 Å². The van der Waals surface area contributed by atoms with Gasteiger partial charge >= 0.3 is 5.97 Å². The largest absolute Gasteiger partial charge is 0.478 e. The highest BCUT2D eigenvalue weighted by atomic mass is 35.5. The Morgan fingerprint density at radius 2 is 1.76 bits per heavy atom. The lowest BCUT2D eigenvalue weighted by molar-refractivity contribution is 0.0692. The maximum Gasteiger partial charge on any atom is 0.338 e. The molecule has 5 rings (SSSR count). The van der Waals surface area contributed by atoms with E-state index in [1.165, 1.54) is 30.5 Å². The van der Waals surface area contributed by atoms with Gasteiger partial charge in [-0.15, -0.1) is 0 Å². The number of aromatic nitrogens is 2. The van der Waals surface area contributed by atoms with Crippen LogP contribution in [-0.2, 0) is 0 Å². The summed E-state index contributed by atoms with van der Waals surface area (Å²) >= 11 is 6.52. The fourth-order valence-corrected chi connectivity index (χ4v) is 5.09. The number of carboxylic acid groups (broad SMARTS) is 1. The van der Waals surface area contributed by atoms with Crippen LogP contribution in [0.2, 0.25) is 5.02 Å². The highest BCUT2D eigenvalue weighted by Crippen LogP contribution is 2.55. The number of rotatable bonds is 5. The molecule has 1 fully saturated rings. The molecule has 1 aliphatic carbocycles. The summed E-state index contributed by atoms with van der Waals surface area (Å²) in [4.78, 5) is 28.8. The first kappa shape index (κ1) is 24.8. The topological polar surface area (TPSA) is 72.2 Å². The predicted octanol–water partition coefficient (Wildman–Crippen LogP) is 6.56. The predicted molar refractivity (Wildman–Crippen MR) is 133 cm³/mol. The molecule has 37 heavy (non-hydrogen) atoms. The quantitative estimate of drug-likeness (QED) is 0.321. The third-order valence-electron chi connectivity index (χ3n) is 6.73. The van der Waals surface area contributed by atoms with Crippen LogP contribution in [0.1, 0.15) is 51.0 Å². The molecule has 0 aliphatic heterocycles. The number of carbonyl (C=O) groups is 1. The molecule has 0 bridgehead atoms. The maximum absolute atomic E-state index is 15.9. The molecule has 0 spiro atoms. The Bertz CT molecular complexity index is 1630. The lowest BCUT2D eigenvalue weighted by Gasteiger charge is -2.18. The first-order valence-corrected chi connectivity index (χ1v) is 11.8. The smallest absolute Gasteiger partial charge is 0.338 e. The zero-order chi connectivity index (χ0) is 26.6. The number of nitrogens with zero attached hydrogens (tertiary/aromatic N) is 2. The van der Waals surface area contributed by atoms with E-state index in [9.17, 15) is 23.5 Å². The molecule has 1 unspecified atom stereocenters. The number of carboxylic acids is 1. The minimum atomic E-state index is -1.50. The molecule has 9 heteroatoms. The summed E-state index contributed by atoms with van der Waals surface area (Å²) < 4.78 is 45.2. The van der Waals surface area contributed by atoms with E-state index < -0.39 is 34.4 Å². The number of hydrogen-bond acceptors (Lipinski definition) is 3. The summed E-state index contributed by atoms with van der Waals surface area (Å²) in [5.41, 5.74) is 0.110. The normalized spacial score (nSPS) is 16.6. The van der Waals surface area contributed by atoms with E-state index in [0.717, 1.165) is 22.6 Å². The van der Waals surface area contributed by atoms with Gasteiger partial charge in [0, 0.05) is 17.5 Å². The van der Waals surface area contributed by atoms with E-state index in [0.29, 0.717) is 16.8 Å². The molecule has 0 radical (unpaired) electrons. The third kappa shape index (κ3) is 4.21. The molecule has 2 aromatic carbocycles. The van der Waals surface area contributed by atoms with Crippen LogP contribution in [0.3, 0.4) is 0 Å². The first-order valence-electron chi connectivity index (χ1n) is 11.4. The van der Waals surface area contributed by atoms with Crippen molar-refractivity contribution in [2.75, 3.05) is 0 Å². The molecular weight excluding hydrogens is 505 g/mol. The lowest BCUT2D eigenvalue weighted by Crippen LogP contribution is -2.24. The van der Waals surface area contributed by atoms with Gasteiger partial charge in [-0.25, -0.2) is 18.0 Å². The second kappa shape index (κ2) is 9.19. The van der Waals surface area contributed by atoms with Crippen LogP contribution in [0.15, 0.2) is 59.5 Å². The Morgan fingerprint density at radius 1 is 1.05 bits per heavy atom. The lowest BCUT2D eigenvalue weighted by atomic mass is 10.0. The van der Waals surface area contributed by atoms with Crippen molar-refractivity contribution >= 4 is 17.6 Å². The van der Waals surface area contributed by atoms with Gasteiger partial charge in [0.05, 0.1) is 11.3 Å². The minimum absolute atomic E-state index is 0.0363. The summed E-state index contributed by atoms with van der Waals surface area (Å²) in [7, 11) is 0. The second-order valence-electron chi connectivity index (χ2n) is 9.12. The monoisotopic (exact) mass is 524 g/mol. The van der Waals surface area contributed by atoms with Crippen LogP contribution in [0.5, 0.6) is 0 Å². The Kier molecular flexibility index (Phi) is 6.15. The molecule has 2 aromatic heterocycles. The molecular formula is C28H20ClF3N2O3. The van der Waals surface area contributed by atoms with Gasteiger partial charge in [0.2, 0.25) is 0 Å². The Hall–Kier alpha value is -3.91. The van der Waals surface area contributed by atoms with E-state index in [2.05, 4.69) is 4.98 Å². The summed E-state index contributed by atoms with van der Waals surface area (Å²) in [5.74, 6) is -3.89. The van der Waals surface area contributed by atoms with Crippen LogP contribution >= 0.6 is 11.6 Å². The third-order valence-corrected chi connectivity index (χ3v) is 7.11. The molecule has 0 saturated heterocycles. The van der Waals surface area contributed by atoms with E-state index in [1.54, 1.807) is 32.0 Å². The number of halogens is 4. The number of hydrogen-bond donors (Lipinski definition) is 1. The SMILES string of the molecule is Cc1cnc(-c2cccc(C(=O)O)c2F)c(F)c1-n1c(C)cc([C@@H]2CC2c2ccc(F)cc2)c(Cl)c1=O. The summed E-state index contributed by atoms with van der Waals surface area (Å²) in [5, 5.41) is 9.18. The minimum Gasteiger partial charge on any atom is -0.478 e. The molecule has 0 amide bonds. The van der Waals surface area contributed by atoms with Crippen LogP contribution in [0, 0.1) is 31.3 Å². The summed E-state index contributed by atoms with van der Waals surface area (Å²) in [6.07, 6.45) is 2.03. The first-order chi connectivity index (χ1) is 17.6. The van der Waals surface area contributed by atoms with E-state index in [1.807, 2.05) is 0 Å². The van der Waals surface area contributed by atoms with Crippen LogP contribution < -0.4 is 5.56 Å². The number of benzene rings is 2. The summed E-state index contributed by atoms with van der Waals surface area (Å²) in [6, 6.07) is 11.5. The van der Waals surface area contributed by atoms with Gasteiger partial charge in [0.25, 0.3) is 5.56 Å². The van der Waals surface area contributed by atoms with Gasteiger partial charge in [-0.2, -0.15) is 0 Å². The fraction of sp³-hybridized carbons (Fsp3) is 0.179. The highest BCUT2D eigenvalue weighted by Gasteiger charge is 2.41. The van der Waals surface area contributed by atoms with Gasteiger partial charge in [-0.05, 0) is 79.1 Å². The molecule has 2 atom stereocenters. The molecule has 4 aromatic rings. The van der Waals surface area contributed by atoms with Crippen molar-refractivity contribution in [1.29, 1.82) is 0 Å². The van der Waals surface area contributed by atoms with E-state index in [4.69, 9.17) is 11.6 Å². The average molecular weight is 525 g/mol. The molecule has 2 heterocycles. The van der Waals surface area contributed by atoms with Crippen molar-refractivity contribution in [2.45, 2.75) is 32.1 Å². The fourth-order valence-electron chi connectivity index (χ4n) is 4.81. The van der Waals surface area contributed by atoms with Gasteiger partial charge in [-0.1, -0.05) is 29.8 Å². The zero-order valence-corrected chi connectivity index (χ0v) is 20.5. The van der Waals surface area contributed by atoms with E-state index in [-0.39, 0.29) is 33.9 Å². The Morgan fingerprint density at radius 3 is 2.43 bits per heavy atom. The van der Waals surface area contributed by atoms with Crippen molar-refractivity contribution in [3.05, 3.63) is 116 Å². The van der Waals surface area contributed by atoms with Gasteiger partial charge in [-0.3, -0.25) is 14.3 Å². The van der Waals surface area contributed by atoms with Crippen LogP contribution in [0.4, 0.5) is 13.2 Å². The highest BCUT2D eigenvalue weighted by molar-refractivity contribution is 6.31. The molecule has 1 N–H and O–H groups in total. The van der Waals surface area contributed by atoms with Gasteiger partial charge in [0.15, 0.2) is 5.82 Å². The van der Waals surface area contributed by atoms with Gasteiger partial charge in [0.1, 0.15) is 22.4 Å². The maximum atomic E-state index is 15.9. The standard InChI is InChI=1S/C28H20ClF3N2O3/c1-13-12-33-25(17-4-3-5-18(23(17)31)28(36)37)24(32)26(13)34-14(2)10-21(22(29)27(34)35)20-11-19(20)15-6-8-16(30)9-7-15/h3-10,12,19-20H,11H2,1-2H3,(H,36,37)/t19?,20-/m1/s1. The van der Waals surface area contributed by atoms with Crippen molar-refractivity contribution in [3.8, 4) is 16.9 Å². The number of pyridine rings is 2. The van der Waals surface area contributed by atoms with Gasteiger partial charge < -0.3 is 5.11 Å². The molecule has 1 aliphatic rings. The molecule has 5 nitrogen and oxygen atoms in total.